The number of amides is 1. The predicted octanol–water partition coefficient (Wildman–Crippen LogP) is 4.61. The van der Waals surface area contributed by atoms with Crippen LogP contribution in [0, 0.1) is 17.8 Å². The first-order chi connectivity index (χ1) is 15.8. The second kappa shape index (κ2) is 8.56. The fraction of sp³-hybridized carbons (Fsp3) is 0.552. The fourth-order valence-electron chi connectivity index (χ4n) is 6.17. The molecule has 2 N–H and O–H groups in total. The minimum atomic E-state index is -1.41. The normalized spacial score (nSPS) is 27.2. The third-order valence-electron chi connectivity index (χ3n) is 8.30. The van der Waals surface area contributed by atoms with E-state index < -0.39 is 5.60 Å². The number of carbonyl (C=O) groups is 1. The van der Waals surface area contributed by atoms with Crippen LogP contribution in [0.5, 0.6) is 0 Å². The minimum absolute atomic E-state index is 0.00561. The van der Waals surface area contributed by atoms with Crippen LogP contribution in [0.25, 0.3) is 0 Å². The van der Waals surface area contributed by atoms with Gasteiger partial charge in [0.15, 0.2) is 5.60 Å². The van der Waals surface area contributed by atoms with Crippen LogP contribution in [0.15, 0.2) is 54.6 Å². The van der Waals surface area contributed by atoms with Gasteiger partial charge in [-0.05, 0) is 46.8 Å². The number of nitrogens with one attached hydrogen (secondary N) is 1. The molecule has 4 heteroatoms. The summed E-state index contributed by atoms with van der Waals surface area (Å²) >= 11 is 0. The number of nitrogens with zero attached hydrogens (tertiary/aromatic N) is 1. The fourth-order valence-corrected chi connectivity index (χ4v) is 6.17. The van der Waals surface area contributed by atoms with Gasteiger partial charge in [-0.25, -0.2) is 0 Å². The van der Waals surface area contributed by atoms with Gasteiger partial charge < -0.3 is 10.4 Å². The van der Waals surface area contributed by atoms with E-state index in [2.05, 4.69) is 55.3 Å². The zero-order valence-electron chi connectivity index (χ0n) is 20.3. The van der Waals surface area contributed by atoms with E-state index >= 15 is 0 Å². The maximum absolute atomic E-state index is 13.4. The number of likely N-dealkylation sites (tertiary alicyclic amines) is 1. The molecule has 0 bridgehead atoms. The molecule has 176 valence electrons. The third-order valence-corrected chi connectivity index (χ3v) is 8.30. The Hall–Kier alpha value is -2.17. The molecule has 5 rings (SSSR count). The third kappa shape index (κ3) is 4.36. The van der Waals surface area contributed by atoms with Crippen molar-refractivity contribution in [3.05, 3.63) is 71.3 Å². The number of benzene rings is 2. The van der Waals surface area contributed by atoms with Gasteiger partial charge in [0.2, 0.25) is 0 Å². The molecule has 2 saturated carbocycles. The Morgan fingerprint density at radius 1 is 0.939 bits per heavy atom. The smallest absolute Gasteiger partial charge is 0.257 e. The summed E-state index contributed by atoms with van der Waals surface area (Å²) in [6, 6.07) is 18.8. The van der Waals surface area contributed by atoms with Crippen molar-refractivity contribution in [1.82, 2.24) is 10.2 Å². The van der Waals surface area contributed by atoms with Crippen LogP contribution in [0.2, 0.25) is 0 Å². The molecule has 33 heavy (non-hydrogen) atoms. The molecular weight excluding hydrogens is 408 g/mol. The molecule has 0 spiro atoms. The quantitative estimate of drug-likeness (QED) is 0.681. The summed E-state index contributed by atoms with van der Waals surface area (Å²) in [5.41, 5.74) is 2.22. The Bertz CT molecular complexity index is 963. The van der Waals surface area contributed by atoms with Crippen molar-refractivity contribution in [2.45, 2.75) is 70.1 Å². The lowest BCUT2D eigenvalue weighted by Gasteiger charge is -2.33. The van der Waals surface area contributed by atoms with Gasteiger partial charge >= 0.3 is 0 Å². The number of hydrogen-bond donors (Lipinski definition) is 2. The van der Waals surface area contributed by atoms with E-state index in [1.165, 1.54) is 11.1 Å². The number of fused-ring (bicyclic) bond motifs is 1. The van der Waals surface area contributed by atoms with E-state index in [-0.39, 0.29) is 23.3 Å². The number of hydrogen-bond acceptors (Lipinski definition) is 3. The molecule has 3 aliphatic rings. The van der Waals surface area contributed by atoms with Gasteiger partial charge in [0.25, 0.3) is 5.91 Å². The molecular formula is C29H38N2O2. The Morgan fingerprint density at radius 2 is 1.55 bits per heavy atom. The molecule has 4 nitrogen and oxygen atoms in total. The average molecular weight is 447 g/mol. The van der Waals surface area contributed by atoms with E-state index in [1.54, 1.807) is 0 Å². The van der Waals surface area contributed by atoms with Gasteiger partial charge in [0.1, 0.15) is 0 Å². The van der Waals surface area contributed by atoms with E-state index in [0.717, 1.165) is 50.9 Å². The van der Waals surface area contributed by atoms with Crippen molar-refractivity contribution in [3.63, 3.8) is 0 Å². The van der Waals surface area contributed by atoms with E-state index in [1.807, 2.05) is 30.3 Å². The van der Waals surface area contributed by atoms with Gasteiger partial charge in [-0.15, -0.1) is 0 Å². The lowest BCUT2D eigenvalue weighted by molar-refractivity contribution is -0.147. The van der Waals surface area contributed by atoms with Crippen LogP contribution >= 0.6 is 0 Å². The summed E-state index contributed by atoms with van der Waals surface area (Å²) in [6.07, 6.45) is 4.01. The van der Waals surface area contributed by atoms with Crippen LogP contribution < -0.4 is 5.32 Å². The summed E-state index contributed by atoms with van der Waals surface area (Å²) < 4.78 is 0. The summed E-state index contributed by atoms with van der Waals surface area (Å²) in [7, 11) is 0. The molecule has 1 amide bonds. The topological polar surface area (TPSA) is 52.6 Å². The minimum Gasteiger partial charge on any atom is -0.375 e. The highest BCUT2D eigenvalue weighted by Gasteiger charge is 2.58. The van der Waals surface area contributed by atoms with E-state index in [0.29, 0.717) is 11.8 Å². The SMILES string of the molecule is CC(C)(C)c1ccc(CN2CC3[C@H](C2)[C@H]3NC(=O)C(O)(c2ccccc2)C2CCCC2)cc1. The average Bonchev–Trinajstić information content (AvgIpc) is 3.21. The maximum Gasteiger partial charge on any atom is 0.257 e. The maximum atomic E-state index is 13.4. The zero-order chi connectivity index (χ0) is 23.2. The van der Waals surface area contributed by atoms with Crippen LogP contribution in [-0.4, -0.2) is 35.0 Å². The first-order valence-electron chi connectivity index (χ1n) is 12.7. The van der Waals surface area contributed by atoms with Gasteiger partial charge in [0, 0.05) is 31.6 Å². The molecule has 3 fully saturated rings. The highest BCUT2D eigenvalue weighted by Crippen LogP contribution is 2.47. The molecule has 2 aromatic carbocycles. The number of carbonyl (C=O) groups excluding carboxylic acids is 1. The lowest BCUT2D eigenvalue weighted by Crippen LogP contribution is -2.50. The first-order valence-corrected chi connectivity index (χ1v) is 12.7. The second-order valence-corrected chi connectivity index (χ2v) is 11.6. The van der Waals surface area contributed by atoms with Crippen molar-refractivity contribution in [2.24, 2.45) is 17.8 Å². The number of aliphatic hydroxyl groups is 1. The summed E-state index contributed by atoms with van der Waals surface area (Å²) in [5, 5.41) is 15.0. The van der Waals surface area contributed by atoms with Crippen LogP contribution in [-0.2, 0) is 22.4 Å². The summed E-state index contributed by atoms with van der Waals surface area (Å²) in [6.45, 7) is 9.74. The van der Waals surface area contributed by atoms with Gasteiger partial charge in [-0.1, -0.05) is 88.2 Å². The predicted molar refractivity (Wildman–Crippen MR) is 132 cm³/mol. The Balaban J connectivity index is 1.19. The molecule has 1 saturated heterocycles. The summed E-state index contributed by atoms with van der Waals surface area (Å²) in [5.74, 6) is 0.827. The van der Waals surface area contributed by atoms with Crippen molar-refractivity contribution in [3.8, 4) is 0 Å². The van der Waals surface area contributed by atoms with Gasteiger partial charge in [-0.2, -0.15) is 0 Å². The largest absolute Gasteiger partial charge is 0.375 e. The van der Waals surface area contributed by atoms with Crippen LogP contribution in [0.3, 0.4) is 0 Å². The molecule has 1 heterocycles. The Morgan fingerprint density at radius 3 is 2.12 bits per heavy atom. The van der Waals surface area contributed by atoms with Crippen molar-refractivity contribution in [2.75, 3.05) is 13.1 Å². The molecule has 1 aliphatic heterocycles. The molecule has 2 aromatic rings. The number of rotatable bonds is 6. The van der Waals surface area contributed by atoms with Gasteiger partial charge in [-0.3, -0.25) is 9.69 Å². The van der Waals surface area contributed by atoms with Crippen LogP contribution in [0.4, 0.5) is 0 Å². The monoisotopic (exact) mass is 446 g/mol. The molecule has 2 unspecified atom stereocenters. The Labute approximate surface area is 198 Å². The zero-order valence-corrected chi connectivity index (χ0v) is 20.3. The van der Waals surface area contributed by atoms with Gasteiger partial charge in [0.05, 0.1) is 0 Å². The molecule has 0 aromatic heterocycles. The van der Waals surface area contributed by atoms with Crippen LogP contribution in [0.1, 0.15) is 63.1 Å². The van der Waals surface area contributed by atoms with E-state index in [9.17, 15) is 9.90 Å². The highest BCUT2D eigenvalue weighted by molar-refractivity contribution is 5.87. The first kappa shape index (κ1) is 22.6. The Kier molecular flexibility index (Phi) is 5.86. The molecule has 0 radical (unpaired) electrons. The molecule has 2 aliphatic carbocycles. The standard InChI is InChI=1S/C29H38N2O2/c1-28(2,3)21-15-13-20(14-16-21)17-31-18-24-25(19-31)26(24)30-27(32)29(33,23-11-7-8-12-23)22-9-5-4-6-10-22/h4-6,9-10,13-16,23-26,33H,7-8,11-12,17-19H2,1-3H3,(H,30,32)/t24-,25?,26+,29?/m0/s1. The summed E-state index contributed by atoms with van der Waals surface area (Å²) in [4.78, 5) is 15.9. The second-order valence-electron chi connectivity index (χ2n) is 11.6. The van der Waals surface area contributed by atoms with Crippen molar-refractivity contribution in [1.29, 1.82) is 0 Å². The lowest BCUT2D eigenvalue weighted by atomic mass is 9.79. The number of piperidine rings is 1. The molecule has 4 atom stereocenters. The van der Waals surface area contributed by atoms with Crippen molar-refractivity contribution < 1.29 is 9.90 Å². The van der Waals surface area contributed by atoms with Crippen molar-refractivity contribution >= 4 is 5.91 Å². The highest BCUT2D eigenvalue weighted by atomic mass is 16.3. The van der Waals surface area contributed by atoms with E-state index in [4.69, 9.17) is 0 Å².